The topological polar surface area (TPSA) is 96.1 Å². The summed E-state index contributed by atoms with van der Waals surface area (Å²) < 4.78 is 33.7. The molecule has 4 heterocycles. The molecule has 0 unspecified atom stereocenters. The number of pyridine rings is 1. The number of rotatable bonds is 3. The third kappa shape index (κ3) is 4.97. The summed E-state index contributed by atoms with van der Waals surface area (Å²) in [6.45, 7) is 11.6. The first kappa shape index (κ1) is 28.1. The lowest BCUT2D eigenvalue weighted by Gasteiger charge is -2.44. The smallest absolute Gasteiger partial charge is 0.290 e. The first-order valence-electron chi connectivity index (χ1n) is 13.8. The highest BCUT2D eigenvalue weighted by molar-refractivity contribution is 6.13. The monoisotopic (exact) mass is 554 g/mol. The third-order valence-electron chi connectivity index (χ3n) is 8.29. The van der Waals surface area contributed by atoms with E-state index in [1.165, 1.54) is 9.80 Å². The second kappa shape index (κ2) is 9.59. The Morgan fingerprint density at radius 3 is 2.35 bits per heavy atom. The number of carbonyl (C=O) groups excluding carboxylic acids is 3. The van der Waals surface area contributed by atoms with Crippen LogP contribution in [0.15, 0.2) is 33.2 Å². The van der Waals surface area contributed by atoms with Gasteiger partial charge in [0.15, 0.2) is 11.3 Å². The van der Waals surface area contributed by atoms with Crippen molar-refractivity contribution in [1.29, 1.82) is 0 Å². The van der Waals surface area contributed by atoms with Crippen molar-refractivity contribution >= 4 is 34.5 Å². The number of aliphatic imine (C=N–C) groups is 1. The molecule has 0 atom stereocenters. The van der Waals surface area contributed by atoms with Crippen molar-refractivity contribution in [2.75, 3.05) is 19.6 Å². The Bertz CT molecular complexity index is 1450. The summed E-state index contributed by atoms with van der Waals surface area (Å²) in [5, 5.41) is 0. The number of furan rings is 1. The van der Waals surface area contributed by atoms with E-state index in [0.717, 1.165) is 17.0 Å². The molecule has 40 heavy (non-hydrogen) atoms. The van der Waals surface area contributed by atoms with Gasteiger partial charge in [-0.2, -0.15) is 0 Å². The van der Waals surface area contributed by atoms with Gasteiger partial charge < -0.3 is 9.32 Å². The zero-order chi connectivity index (χ0) is 29.2. The van der Waals surface area contributed by atoms with E-state index < -0.39 is 23.3 Å². The van der Waals surface area contributed by atoms with Crippen molar-refractivity contribution < 1.29 is 27.6 Å². The van der Waals surface area contributed by atoms with Gasteiger partial charge in [0, 0.05) is 60.5 Å². The second-order valence-corrected chi connectivity index (χ2v) is 12.7. The molecule has 1 aliphatic carbocycles. The summed E-state index contributed by atoms with van der Waals surface area (Å²) >= 11 is 0. The molecule has 3 aliphatic rings. The average molecular weight is 555 g/mol. The van der Waals surface area contributed by atoms with Crippen LogP contribution in [0.4, 0.5) is 8.78 Å². The molecule has 0 N–H and O–H groups in total. The van der Waals surface area contributed by atoms with Crippen molar-refractivity contribution in [2.45, 2.75) is 90.0 Å². The lowest BCUT2D eigenvalue weighted by molar-refractivity contribution is -0.154. The summed E-state index contributed by atoms with van der Waals surface area (Å²) in [6.07, 6.45) is 2.04. The van der Waals surface area contributed by atoms with Crippen LogP contribution in [0.2, 0.25) is 0 Å². The molecule has 10 heteroatoms. The zero-order valence-electron chi connectivity index (χ0n) is 23.9. The van der Waals surface area contributed by atoms with E-state index in [1.807, 2.05) is 26.8 Å². The Kier molecular flexibility index (Phi) is 6.74. The highest BCUT2D eigenvalue weighted by Crippen LogP contribution is 2.42. The van der Waals surface area contributed by atoms with Gasteiger partial charge in [0.25, 0.3) is 17.7 Å². The zero-order valence-corrected chi connectivity index (χ0v) is 23.9. The maximum atomic E-state index is 13.8. The van der Waals surface area contributed by atoms with E-state index >= 15 is 0 Å². The van der Waals surface area contributed by atoms with Crippen LogP contribution >= 0.6 is 0 Å². The van der Waals surface area contributed by atoms with E-state index in [1.54, 1.807) is 32.9 Å². The number of piperazine rings is 1. The molecule has 0 radical (unpaired) electrons. The second-order valence-electron chi connectivity index (χ2n) is 12.7. The minimum Gasteiger partial charge on any atom is -0.449 e. The van der Waals surface area contributed by atoms with E-state index in [9.17, 15) is 23.2 Å². The van der Waals surface area contributed by atoms with Gasteiger partial charge in [-0.15, -0.1) is 0 Å². The first-order valence-corrected chi connectivity index (χ1v) is 13.8. The van der Waals surface area contributed by atoms with Gasteiger partial charge in [0.05, 0.1) is 6.54 Å². The fraction of sp³-hybridized carbons (Fsp3) is 0.567. The molecule has 1 saturated heterocycles. The van der Waals surface area contributed by atoms with E-state index in [0.29, 0.717) is 29.5 Å². The molecule has 2 aromatic rings. The van der Waals surface area contributed by atoms with Crippen LogP contribution in [0.25, 0.3) is 11.1 Å². The maximum absolute atomic E-state index is 13.8. The van der Waals surface area contributed by atoms with Gasteiger partial charge in [-0.1, -0.05) is 20.8 Å². The van der Waals surface area contributed by atoms with Crippen molar-refractivity contribution in [2.24, 2.45) is 4.99 Å². The molecule has 5 rings (SSSR count). The van der Waals surface area contributed by atoms with E-state index in [2.05, 4.69) is 4.99 Å². The number of hydrogen-bond acceptors (Lipinski definition) is 6. The summed E-state index contributed by atoms with van der Waals surface area (Å²) in [5.41, 5.74) is 2.08. The first-order chi connectivity index (χ1) is 18.6. The number of amides is 3. The lowest BCUT2D eigenvalue weighted by atomic mass is 9.81. The van der Waals surface area contributed by atoms with Crippen LogP contribution in [-0.4, -0.2) is 69.3 Å². The third-order valence-corrected chi connectivity index (χ3v) is 8.29. The van der Waals surface area contributed by atoms with Gasteiger partial charge in [-0.25, -0.2) is 13.8 Å². The summed E-state index contributed by atoms with van der Waals surface area (Å²) in [6, 6.07) is 3.50. The molecule has 214 valence electrons. The number of allylic oxidation sites excluding steroid dienone is 1. The normalized spacial score (nSPS) is 21.6. The molecule has 1 saturated carbocycles. The Morgan fingerprint density at radius 2 is 1.75 bits per heavy atom. The molecule has 3 amide bonds. The summed E-state index contributed by atoms with van der Waals surface area (Å²) in [7, 11) is 0. The fourth-order valence-electron chi connectivity index (χ4n) is 5.81. The van der Waals surface area contributed by atoms with E-state index in [4.69, 9.17) is 9.40 Å². The largest absolute Gasteiger partial charge is 0.449 e. The van der Waals surface area contributed by atoms with Gasteiger partial charge in [0.2, 0.25) is 5.92 Å². The Labute approximate surface area is 232 Å². The summed E-state index contributed by atoms with van der Waals surface area (Å²) in [4.78, 5) is 51.8. The van der Waals surface area contributed by atoms with Crippen LogP contribution < -0.4 is 0 Å². The van der Waals surface area contributed by atoms with Crippen LogP contribution in [0.3, 0.4) is 0 Å². The highest BCUT2D eigenvalue weighted by atomic mass is 19.3. The number of hydrogen-bond donors (Lipinski definition) is 0. The predicted octanol–water partition coefficient (Wildman–Crippen LogP) is 5.41. The summed E-state index contributed by atoms with van der Waals surface area (Å²) in [5.74, 6) is -4.01. The standard InChI is InChI=1S/C30H36F2N4O4/c1-17-13-19(16-33-17)25(37)35-11-12-36(29(5,6)27(35)39)26(38)23-15-22-24(40-23)20(28(2,3)4)14-21(34-22)18-7-9-30(31,32)10-8-18/h13-15,18H,7-12,16H2,1-6H3. The lowest BCUT2D eigenvalue weighted by Crippen LogP contribution is -2.65. The van der Waals surface area contributed by atoms with Gasteiger partial charge in [0.1, 0.15) is 11.1 Å². The van der Waals surface area contributed by atoms with Crippen molar-refractivity contribution in [3.8, 4) is 0 Å². The number of halogens is 2. The van der Waals surface area contributed by atoms with Crippen molar-refractivity contribution in [3.05, 3.63) is 40.8 Å². The Morgan fingerprint density at radius 1 is 1.07 bits per heavy atom. The number of imide groups is 1. The molecule has 2 aromatic heterocycles. The molecular weight excluding hydrogens is 518 g/mol. The SMILES string of the molecule is CC1=NCC(C(=O)N2CCN(C(=O)c3cc4nc(C5CCC(F)(F)CC5)cc(C(C)(C)C)c4o3)C(C)(C)C2=O)=C1. The highest BCUT2D eigenvalue weighted by Gasteiger charge is 2.47. The van der Waals surface area contributed by atoms with E-state index in [-0.39, 0.29) is 55.5 Å². The van der Waals surface area contributed by atoms with Gasteiger partial charge in [-0.05, 0) is 51.2 Å². The predicted molar refractivity (Wildman–Crippen MR) is 147 cm³/mol. The number of carbonyl (C=O) groups is 3. The molecule has 0 aromatic carbocycles. The van der Waals surface area contributed by atoms with Crippen LogP contribution in [-0.2, 0) is 15.0 Å². The molecule has 8 nitrogen and oxygen atoms in total. The number of aromatic nitrogens is 1. The van der Waals surface area contributed by atoms with Crippen molar-refractivity contribution in [3.63, 3.8) is 0 Å². The van der Waals surface area contributed by atoms with Crippen LogP contribution in [0.5, 0.6) is 0 Å². The molecule has 0 spiro atoms. The fourth-order valence-corrected chi connectivity index (χ4v) is 5.81. The Balaban J connectivity index is 1.44. The molecule has 0 bridgehead atoms. The van der Waals surface area contributed by atoms with Crippen LogP contribution in [0.1, 0.15) is 95.0 Å². The van der Waals surface area contributed by atoms with Crippen LogP contribution in [0, 0.1) is 0 Å². The average Bonchev–Trinajstić information content (AvgIpc) is 3.50. The van der Waals surface area contributed by atoms with Crippen molar-refractivity contribution in [1.82, 2.24) is 14.8 Å². The molecule has 2 fully saturated rings. The molecular formula is C30H36F2N4O4. The minimum absolute atomic E-state index is 0.0449. The van der Waals surface area contributed by atoms with Gasteiger partial charge in [-0.3, -0.25) is 24.3 Å². The molecule has 2 aliphatic heterocycles. The number of nitrogens with zero attached hydrogens (tertiary/aromatic N) is 4. The Hall–Kier alpha value is -3.43. The van der Waals surface area contributed by atoms with Gasteiger partial charge >= 0.3 is 0 Å². The quantitative estimate of drug-likeness (QED) is 0.473. The number of fused-ring (bicyclic) bond motifs is 1. The minimum atomic E-state index is -2.64. The maximum Gasteiger partial charge on any atom is 0.290 e. The number of alkyl halides is 2.